The van der Waals surface area contributed by atoms with Crippen molar-refractivity contribution in [2.75, 3.05) is 6.61 Å². The first-order valence-corrected chi connectivity index (χ1v) is 8.30. The Morgan fingerprint density at radius 1 is 1.22 bits per heavy atom. The lowest BCUT2D eigenvalue weighted by Gasteiger charge is -2.17. The summed E-state index contributed by atoms with van der Waals surface area (Å²) in [7, 11) is 0. The Kier molecular flexibility index (Phi) is 6.44. The molecule has 0 radical (unpaired) electrons. The van der Waals surface area contributed by atoms with Crippen molar-refractivity contribution >= 4 is 11.9 Å². The minimum absolute atomic E-state index is 0.146. The second-order valence-corrected chi connectivity index (χ2v) is 5.88. The molecule has 1 aromatic rings. The van der Waals surface area contributed by atoms with Gasteiger partial charge < -0.3 is 14.8 Å². The van der Waals surface area contributed by atoms with Crippen LogP contribution in [0, 0.1) is 0 Å². The number of carbonyl (C=O) groups excluding carboxylic acids is 2. The van der Waals surface area contributed by atoms with Gasteiger partial charge in [0.05, 0.1) is 13.0 Å². The maximum Gasteiger partial charge on any atom is 0.311 e. The zero-order chi connectivity index (χ0) is 16.7. The van der Waals surface area contributed by atoms with Crippen LogP contribution in [0.15, 0.2) is 24.3 Å². The zero-order valence-corrected chi connectivity index (χ0v) is 13.8. The second kappa shape index (κ2) is 8.56. The predicted molar refractivity (Wildman–Crippen MR) is 87.3 cm³/mol. The van der Waals surface area contributed by atoms with Crippen LogP contribution in [0.1, 0.15) is 45.1 Å². The molecule has 0 bridgehead atoms. The van der Waals surface area contributed by atoms with E-state index in [1.54, 1.807) is 6.92 Å². The largest absolute Gasteiger partial charge is 0.494 e. The minimum Gasteiger partial charge on any atom is -0.494 e. The maximum absolute atomic E-state index is 12.0. The summed E-state index contributed by atoms with van der Waals surface area (Å²) in [6.45, 7) is 4.14. The van der Waals surface area contributed by atoms with Crippen LogP contribution in [-0.2, 0) is 20.7 Å². The van der Waals surface area contributed by atoms with Gasteiger partial charge in [-0.3, -0.25) is 9.59 Å². The lowest BCUT2D eigenvalue weighted by atomic mass is 10.1. The van der Waals surface area contributed by atoms with Gasteiger partial charge in [-0.05, 0) is 44.4 Å². The van der Waals surface area contributed by atoms with E-state index in [1.807, 2.05) is 31.2 Å². The van der Waals surface area contributed by atoms with Crippen LogP contribution in [0.3, 0.4) is 0 Å². The number of hydrogen-bond acceptors (Lipinski definition) is 4. The summed E-state index contributed by atoms with van der Waals surface area (Å²) in [6.07, 6.45) is 3.71. The van der Waals surface area contributed by atoms with E-state index < -0.39 is 12.1 Å². The molecule has 2 rings (SSSR count). The first-order valence-electron chi connectivity index (χ1n) is 8.30. The van der Waals surface area contributed by atoms with Crippen molar-refractivity contribution in [1.82, 2.24) is 5.32 Å². The third-order valence-corrected chi connectivity index (χ3v) is 3.96. The van der Waals surface area contributed by atoms with Crippen LogP contribution < -0.4 is 10.1 Å². The fourth-order valence-corrected chi connectivity index (χ4v) is 2.72. The Bertz CT molecular complexity index is 520. The highest BCUT2D eigenvalue weighted by molar-refractivity contribution is 5.84. The first-order chi connectivity index (χ1) is 11.1. The highest BCUT2D eigenvalue weighted by Gasteiger charge is 2.23. The molecule has 0 spiro atoms. The molecular weight excluding hydrogens is 294 g/mol. The van der Waals surface area contributed by atoms with Gasteiger partial charge in [-0.1, -0.05) is 25.0 Å². The third-order valence-electron chi connectivity index (χ3n) is 3.96. The van der Waals surface area contributed by atoms with Gasteiger partial charge in [-0.2, -0.15) is 0 Å². The highest BCUT2D eigenvalue weighted by Crippen LogP contribution is 2.18. The molecule has 126 valence electrons. The summed E-state index contributed by atoms with van der Waals surface area (Å²) in [5.41, 5.74) is 0.835. The molecule has 1 atom stereocenters. The standard InChI is InChI=1S/C18H25NO4/c1-3-22-16-10-8-14(9-11-16)12-17(20)23-13(2)18(21)19-15-6-4-5-7-15/h8-11,13,15H,3-7,12H2,1-2H3,(H,19,21)/t13-/m1/s1. The lowest BCUT2D eigenvalue weighted by Crippen LogP contribution is -2.41. The van der Waals surface area contributed by atoms with E-state index in [9.17, 15) is 9.59 Å². The summed E-state index contributed by atoms with van der Waals surface area (Å²) in [5, 5.41) is 2.94. The molecule has 23 heavy (non-hydrogen) atoms. The van der Waals surface area contributed by atoms with Crippen LogP contribution in [0.5, 0.6) is 5.75 Å². The Hall–Kier alpha value is -2.04. The molecule has 1 N–H and O–H groups in total. The minimum atomic E-state index is -0.759. The van der Waals surface area contributed by atoms with Crippen molar-refractivity contribution in [2.45, 2.75) is 58.1 Å². The van der Waals surface area contributed by atoms with E-state index in [-0.39, 0.29) is 18.4 Å². The highest BCUT2D eigenvalue weighted by atomic mass is 16.5. The van der Waals surface area contributed by atoms with Gasteiger partial charge in [0.25, 0.3) is 5.91 Å². The second-order valence-electron chi connectivity index (χ2n) is 5.88. The molecule has 0 saturated heterocycles. The molecule has 0 heterocycles. The Morgan fingerprint density at radius 3 is 2.48 bits per heavy atom. The molecule has 5 nitrogen and oxygen atoms in total. The monoisotopic (exact) mass is 319 g/mol. The van der Waals surface area contributed by atoms with Gasteiger partial charge in [0.15, 0.2) is 6.10 Å². The summed E-state index contributed by atoms with van der Waals surface area (Å²) in [6, 6.07) is 7.53. The lowest BCUT2D eigenvalue weighted by molar-refractivity contribution is -0.154. The van der Waals surface area contributed by atoms with Crippen LogP contribution in [0.4, 0.5) is 0 Å². The summed E-state index contributed by atoms with van der Waals surface area (Å²) in [5.74, 6) is 0.161. The number of rotatable bonds is 7. The van der Waals surface area contributed by atoms with E-state index in [1.165, 1.54) is 0 Å². The van der Waals surface area contributed by atoms with Crippen molar-refractivity contribution in [3.8, 4) is 5.75 Å². The van der Waals surface area contributed by atoms with Crippen LogP contribution >= 0.6 is 0 Å². The van der Waals surface area contributed by atoms with Crippen molar-refractivity contribution in [3.63, 3.8) is 0 Å². The smallest absolute Gasteiger partial charge is 0.311 e. The van der Waals surface area contributed by atoms with Crippen LogP contribution in [0.2, 0.25) is 0 Å². The molecule has 1 saturated carbocycles. The van der Waals surface area contributed by atoms with Crippen molar-refractivity contribution in [3.05, 3.63) is 29.8 Å². The number of ether oxygens (including phenoxy) is 2. The zero-order valence-electron chi connectivity index (χ0n) is 13.8. The number of amides is 1. The summed E-state index contributed by atoms with van der Waals surface area (Å²) >= 11 is 0. The third kappa shape index (κ3) is 5.58. The fraction of sp³-hybridized carbons (Fsp3) is 0.556. The molecule has 1 fully saturated rings. The van der Waals surface area contributed by atoms with Gasteiger partial charge in [-0.25, -0.2) is 0 Å². The normalized spacial score (nSPS) is 15.9. The van der Waals surface area contributed by atoms with Gasteiger partial charge >= 0.3 is 5.97 Å². The van der Waals surface area contributed by atoms with E-state index >= 15 is 0 Å². The molecule has 1 aliphatic carbocycles. The quantitative estimate of drug-likeness (QED) is 0.785. The molecule has 0 aliphatic heterocycles. The molecular formula is C18H25NO4. The molecule has 1 amide bonds. The Balaban J connectivity index is 1.77. The van der Waals surface area contributed by atoms with E-state index in [2.05, 4.69) is 5.32 Å². The van der Waals surface area contributed by atoms with E-state index in [0.717, 1.165) is 37.0 Å². The van der Waals surface area contributed by atoms with Gasteiger partial charge in [0, 0.05) is 6.04 Å². The molecule has 0 aromatic heterocycles. The number of nitrogens with one attached hydrogen (secondary N) is 1. The summed E-state index contributed by atoms with van der Waals surface area (Å²) < 4.78 is 10.6. The Labute approximate surface area is 137 Å². The average Bonchev–Trinajstić information content (AvgIpc) is 3.02. The van der Waals surface area contributed by atoms with Crippen molar-refractivity contribution in [2.24, 2.45) is 0 Å². The molecule has 5 heteroatoms. The fourth-order valence-electron chi connectivity index (χ4n) is 2.72. The molecule has 1 aromatic carbocycles. The molecule has 1 aliphatic rings. The average molecular weight is 319 g/mol. The van der Waals surface area contributed by atoms with Crippen LogP contribution in [0.25, 0.3) is 0 Å². The van der Waals surface area contributed by atoms with Gasteiger partial charge in [0.2, 0.25) is 0 Å². The van der Waals surface area contributed by atoms with Crippen molar-refractivity contribution in [1.29, 1.82) is 0 Å². The van der Waals surface area contributed by atoms with Gasteiger partial charge in [0.1, 0.15) is 5.75 Å². The van der Waals surface area contributed by atoms with Crippen LogP contribution in [-0.4, -0.2) is 30.6 Å². The first kappa shape index (κ1) is 17.3. The maximum atomic E-state index is 12.0. The molecule has 0 unspecified atom stereocenters. The topological polar surface area (TPSA) is 64.6 Å². The van der Waals surface area contributed by atoms with E-state index in [4.69, 9.17) is 9.47 Å². The number of carbonyl (C=O) groups is 2. The SMILES string of the molecule is CCOc1ccc(CC(=O)O[C@H](C)C(=O)NC2CCCC2)cc1. The van der Waals surface area contributed by atoms with Crippen molar-refractivity contribution < 1.29 is 19.1 Å². The van der Waals surface area contributed by atoms with E-state index in [0.29, 0.717) is 6.61 Å². The van der Waals surface area contributed by atoms with Gasteiger partial charge in [-0.15, -0.1) is 0 Å². The number of benzene rings is 1. The Morgan fingerprint density at radius 2 is 1.87 bits per heavy atom. The number of esters is 1. The number of hydrogen-bond donors (Lipinski definition) is 1. The summed E-state index contributed by atoms with van der Waals surface area (Å²) in [4.78, 5) is 23.9. The predicted octanol–water partition coefficient (Wildman–Crippen LogP) is 2.62.